The first-order chi connectivity index (χ1) is 18.5. The summed E-state index contributed by atoms with van der Waals surface area (Å²) in [6.07, 6.45) is 8.92. The first-order valence-corrected chi connectivity index (χ1v) is 12.4. The molecule has 38 heavy (non-hydrogen) atoms. The van der Waals surface area contributed by atoms with Gasteiger partial charge in [-0.15, -0.1) is 0 Å². The van der Waals surface area contributed by atoms with Crippen molar-refractivity contribution in [1.29, 1.82) is 0 Å². The summed E-state index contributed by atoms with van der Waals surface area (Å²) >= 11 is 0. The van der Waals surface area contributed by atoms with Crippen molar-refractivity contribution in [3.05, 3.63) is 109 Å². The van der Waals surface area contributed by atoms with E-state index in [0.717, 1.165) is 35.4 Å². The van der Waals surface area contributed by atoms with Crippen LogP contribution in [0.15, 0.2) is 91.4 Å². The first-order valence-electron chi connectivity index (χ1n) is 12.4. The highest BCUT2D eigenvalue weighted by Gasteiger charge is 2.17. The van der Waals surface area contributed by atoms with Crippen molar-refractivity contribution in [2.75, 3.05) is 31.2 Å². The first kappa shape index (κ1) is 25.1. The number of rotatable bonds is 7. The van der Waals surface area contributed by atoms with Gasteiger partial charge in [0, 0.05) is 35.9 Å². The number of H-pyrrole nitrogens is 1. The lowest BCUT2D eigenvalue weighted by Crippen LogP contribution is -2.36. The molecule has 192 valence electrons. The number of nitrogens with one attached hydrogen (secondary N) is 2. The fourth-order valence-corrected chi connectivity index (χ4v) is 4.32. The number of aromatic nitrogens is 3. The van der Waals surface area contributed by atoms with Crippen molar-refractivity contribution in [1.82, 2.24) is 20.5 Å². The minimum Gasteiger partial charge on any atom is -0.378 e. The van der Waals surface area contributed by atoms with Gasteiger partial charge in [0.1, 0.15) is 5.82 Å². The van der Waals surface area contributed by atoms with Gasteiger partial charge >= 0.3 is 0 Å². The maximum absolute atomic E-state index is 13.5. The van der Waals surface area contributed by atoms with Crippen molar-refractivity contribution < 1.29 is 13.9 Å². The maximum Gasteiger partial charge on any atom is 0.276 e. The lowest BCUT2D eigenvalue weighted by Gasteiger charge is -2.28. The highest BCUT2D eigenvalue weighted by molar-refractivity contribution is 6.06. The van der Waals surface area contributed by atoms with Crippen LogP contribution in [0.25, 0.3) is 27.6 Å². The SMILES string of the molecule is C=C(/C=C\C(=C/C)NC(=O)c1n[nH]c2ccc(-c3cncc(N4CCOCC4)c3)cc12)c1cccc(F)c1. The summed E-state index contributed by atoms with van der Waals surface area (Å²) in [5, 5.41) is 10.8. The van der Waals surface area contributed by atoms with Crippen molar-refractivity contribution in [3.63, 3.8) is 0 Å². The van der Waals surface area contributed by atoms with Crippen LogP contribution in [0.3, 0.4) is 0 Å². The molecule has 2 aromatic heterocycles. The number of halogens is 1. The molecule has 3 heterocycles. The second-order valence-corrected chi connectivity index (χ2v) is 8.93. The number of anilines is 1. The quantitative estimate of drug-likeness (QED) is 0.321. The second kappa shape index (κ2) is 11.2. The molecular formula is C30H28FN5O2. The smallest absolute Gasteiger partial charge is 0.276 e. The number of carbonyl (C=O) groups is 1. The fraction of sp³-hybridized carbons (Fsp3) is 0.167. The number of fused-ring (bicyclic) bond motifs is 1. The molecule has 8 heteroatoms. The predicted octanol–water partition coefficient (Wildman–Crippen LogP) is 5.50. The molecule has 0 atom stereocenters. The molecule has 7 nitrogen and oxygen atoms in total. The van der Waals surface area contributed by atoms with Gasteiger partial charge in [0.15, 0.2) is 5.69 Å². The van der Waals surface area contributed by atoms with Crippen LogP contribution in [-0.2, 0) is 4.74 Å². The highest BCUT2D eigenvalue weighted by Crippen LogP contribution is 2.28. The van der Waals surface area contributed by atoms with E-state index in [1.165, 1.54) is 12.1 Å². The van der Waals surface area contributed by atoms with Gasteiger partial charge in [0.25, 0.3) is 5.91 Å². The van der Waals surface area contributed by atoms with Gasteiger partial charge in [-0.1, -0.05) is 36.9 Å². The third kappa shape index (κ3) is 5.55. The number of allylic oxidation sites excluding steroid dienone is 4. The number of morpholine rings is 1. The van der Waals surface area contributed by atoms with E-state index in [4.69, 9.17) is 4.74 Å². The summed E-state index contributed by atoms with van der Waals surface area (Å²) in [4.78, 5) is 19.9. The normalized spacial score (nSPS) is 14.3. The Balaban J connectivity index is 1.35. The highest BCUT2D eigenvalue weighted by atomic mass is 19.1. The fourth-order valence-electron chi connectivity index (χ4n) is 4.32. The van der Waals surface area contributed by atoms with Crippen molar-refractivity contribution in [2.24, 2.45) is 0 Å². The van der Waals surface area contributed by atoms with Crippen molar-refractivity contribution in [3.8, 4) is 11.1 Å². The van der Waals surface area contributed by atoms with Gasteiger partial charge in [-0.25, -0.2) is 4.39 Å². The molecule has 0 radical (unpaired) electrons. The molecule has 1 saturated heterocycles. The van der Waals surface area contributed by atoms with Gasteiger partial charge in [-0.3, -0.25) is 14.9 Å². The van der Waals surface area contributed by atoms with Crippen LogP contribution in [0.2, 0.25) is 0 Å². The number of aromatic amines is 1. The van der Waals surface area contributed by atoms with Crippen molar-refractivity contribution in [2.45, 2.75) is 6.92 Å². The van der Waals surface area contributed by atoms with E-state index in [1.54, 1.807) is 30.4 Å². The number of pyridine rings is 1. The average molecular weight is 510 g/mol. The van der Waals surface area contributed by atoms with E-state index < -0.39 is 0 Å². The molecule has 0 saturated carbocycles. The summed E-state index contributed by atoms with van der Waals surface area (Å²) in [5.74, 6) is -0.673. The third-order valence-electron chi connectivity index (χ3n) is 6.44. The average Bonchev–Trinajstić information content (AvgIpc) is 3.39. The van der Waals surface area contributed by atoms with E-state index in [2.05, 4.69) is 38.0 Å². The molecule has 0 spiro atoms. The van der Waals surface area contributed by atoms with Crippen LogP contribution >= 0.6 is 0 Å². The standard InChI is InChI=1S/C30H28FN5O2/c1-3-25(9-7-20(2)21-5-4-6-24(31)15-21)33-30(37)29-27-17-22(8-10-28(27)34-35-29)23-16-26(19-32-18-23)36-11-13-38-14-12-36/h3-10,15-19H,2,11-14H2,1H3,(H,33,37)(H,34,35)/b9-7-,25-3+. The van der Waals surface area contributed by atoms with Crippen LogP contribution in [0.1, 0.15) is 23.0 Å². The Kier molecular flexibility index (Phi) is 7.42. The molecule has 1 aliphatic rings. The molecule has 0 unspecified atom stereocenters. The molecule has 0 aliphatic carbocycles. The summed E-state index contributed by atoms with van der Waals surface area (Å²) in [7, 11) is 0. The minimum absolute atomic E-state index is 0.288. The molecular weight excluding hydrogens is 481 g/mol. The molecule has 4 aromatic rings. The molecule has 0 bridgehead atoms. The summed E-state index contributed by atoms with van der Waals surface area (Å²) in [6, 6.07) is 14.2. The van der Waals surface area contributed by atoms with Crippen LogP contribution < -0.4 is 10.2 Å². The predicted molar refractivity (Wildman–Crippen MR) is 148 cm³/mol. The lowest BCUT2D eigenvalue weighted by molar-refractivity contribution is 0.0963. The topological polar surface area (TPSA) is 83.1 Å². The number of amides is 1. The van der Waals surface area contributed by atoms with Crippen LogP contribution in [0.5, 0.6) is 0 Å². The molecule has 5 rings (SSSR count). The van der Waals surface area contributed by atoms with E-state index in [-0.39, 0.29) is 17.4 Å². The Morgan fingerprint density at radius 1 is 1.11 bits per heavy atom. The number of hydrogen-bond donors (Lipinski definition) is 2. The van der Waals surface area contributed by atoms with Gasteiger partial charge in [0.2, 0.25) is 0 Å². The van der Waals surface area contributed by atoms with E-state index >= 15 is 0 Å². The molecule has 1 aliphatic heterocycles. The number of nitrogens with zero attached hydrogens (tertiary/aromatic N) is 3. The van der Waals surface area contributed by atoms with E-state index in [9.17, 15) is 9.18 Å². The van der Waals surface area contributed by atoms with E-state index in [0.29, 0.717) is 35.4 Å². The van der Waals surface area contributed by atoms with Gasteiger partial charge in [-0.05, 0) is 60.0 Å². The second-order valence-electron chi connectivity index (χ2n) is 8.93. The number of ether oxygens (including phenoxy) is 1. The molecule has 2 aromatic carbocycles. The molecule has 1 fully saturated rings. The van der Waals surface area contributed by atoms with Gasteiger partial charge in [0.05, 0.1) is 30.6 Å². The van der Waals surface area contributed by atoms with Gasteiger partial charge < -0.3 is 15.0 Å². The van der Waals surface area contributed by atoms with Crippen molar-refractivity contribution >= 4 is 28.1 Å². The Hall–Kier alpha value is -4.56. The Morgan fingerprint density at radius 3 is 2.74 bits per heavy atom. The third-order valence-corrected chi connectivity index (χ3v) is 6.44. The summed E-state index contributed by atoms with van der Waals surface area (Å²) in [5.41, 5.74) is 5.85. The van der Waals surface area contributed by atoms with E-state index in [1.807, 2.05) is 37.5 Å². The van der Waals surface area contributed by atoms with Crippen LogP contribution in [0.4, 0.5) is 10.1 Å². The van der Waals surface area contributed by atoms with Gasteiger partial charge in [-0.2, -0.15) is 5.10 Å². The Morgan fingerprint density at radius 2 is 1.95 bits per heavy atom. The zero-order chi connectivity index (χ0) is 26.5. The number of hydrogen-bond acceptors (Lipinski definition) is 5. The Bertz CT molecular complexity index is 1550. The zero-order valence-corrected chi connectivity index (χ0v) is 21.1. The van der Waals surface area contributed by atoms with Crippen LogP contribution in [-0.4, -0.2) is 47.4 Å². The maximum atomic E-state index is 13.5. The van der Waals surface area contributed by atoms with Crippen LogP contribution in [0, 0.1) is 5.82 Å². The monoisotopic (exact) mass is 509 g/mol. The molecule has 2 N–H and O–H groups in total. The summed E-state index contributed by atoms with van der Waals surface area (Å²) in [6.45, 7) is 8.87. The number of carbonyl (C=O) groups excluding carboxylic acids is 1. The Labute approximate surface area is 220 Å². The minimum atomic E-state index is -0.345. The largest absolute Gasteiger partial charge is 0.378 e. The summed E-state index contributed by atoms with van der Waals surface area (Å²) < 4.78 is 19.0. The molecule has 1 amide bonds. The lowest BCUT2D eigenvalue weighted by atomic mass is 10.0. The number of benzene rings is 2. The zero-order valence-electron chi connectivity index (χ0n) is 21.1.